The van der Waals surface area contributed by atoms with Crippen LogP contribution in [0.4, 0.5) is 10.2 Å². The normalized spacial score (nSPS) is 9.88. The van der Waals surface area contributed by atoms with Gasteiger partial charge in [-0.2, -0.15) is 5.10 Å². The molecule has 0 radical (unpaired) electrons. The fourth-order valence-corrected chi connectivity index (χ4v) is 1.36. The SMILES string of the molecule is Cc1cc(-c2cc(N=[N+]=[N-])[nH]n2)ccc1F. The molecule has 0 spiro atoms. The molecule has 0 fully saturated rings. The lowest BCUT2D eigenvalue weighted by Gasteiger charge is -1.99. The minimum Gasteiger partial charge on any atom is -0.275 e. The van der Waals surface area contributed by atoms with Gasteiger partial charge in [0.15, 0.2) is 0 Å². The number of halogens is 1. The average Bonchev–Trinajstić information content (AvgIpc) is 2.71. The average molecular weight is 217 g/mol. The molecule has 1 heterocycles. The van der Waals surface area contributed by atoms with Gasteiger partial charge in [0.2, 0.25) is 0 Å². The van der Waals surface area contributed by atoms with Crippen LogP contribution in [0.25, 0.3) is 21.7 Å². The van der Waals surface area contributed by atoms with E-state index < -0.39 is 0 Å². The summed E-state index contributed by atoms with van der Waals surface area (Å²) in [6.45, 7) is 1.68. The van der Waals surface area contributed by atoms with E-state index in [0.29, 0.717) is 17.1 Å². The van der Waals surface area contributed by atoms with Crippen LogP contribution in [-0.4, -0.2) is 10.2 Å². The molecule has 6 heteroatoms. The highest BCUT2D eigenvalue weighted by Crippen LogP contribution is 2.23. The molecule has 1 aromatic carbocycles. The van der Waals surface area contributed by atoms with E-state index in [9.17, 15) is 4.39 Å². The number of aromatic nitrogens is 2. The Kier molecular flexibility index (Phi) is 2.57. The van der Waals surface area contributed by atoms with E-state index >= 15 is 0 Å². The van der Waals surface area contributed by atoms with Crippen LogP contribution in [0, 0.1) is 12.7 Å². The van der Waals surface area contributed by atoms with Crippen molar-refractivity contribution in [1.29, 1.82) is 0 Å². The maximum absolute atomic E-state index is 13.0. The number of hydrogen-bond donors (Lipinski definition) is 1. The van der Waals surface area contributed by atoms with Crippen LogP contribution in [0.15, 0.2) is 29.4 Å². The topological polar surface area (TPSA) is 77.4 Å². The fourth-order valence-electron chi connectivity index (χ4n) is 1.36. The quantitative estimate of drug-likeness (QED) is 0.466. The highest BCUT2D eigenvalue weighted by molar-refractivity contribution is 5.62. The number of azide groups is 1. The molecule has 0 aliphatic carbocycles. The van der Waals surface area contributed by atoms with Crippen molar-refractivity contribution in [2.45, 2.75) is 6.92 Å². The van der Waals surface area contributed by atoms with E-state index in [-0.39, 0.29) is 5.82 Å². The first-order valence-electron chi connectivity index (χ1n) is 4.58. The maximum Gasteiger partial charge on any atom is 0.126 e. The summed E-state index contributed by atoms with van der Waals surface area (Å²) in [7, 11) is 0. The van der Waals surface area contributed by atoms with Crippen LogP contribution in [-0.2, 0) is 0 Å². The summed E-state index contributed by atoms with van der Waals surface area (Å²) in [6.07, 6.45) is 0. The van der Waals surface area contributed by atoms with E-state index in [1.807, 2.05) is 0 Å². The Morgan fingerprint density at radius 2 is 2.25 bits per heavy atom. The first-order valence-corrected chi connectivity index (χ1v) is 4.58. The summed E-state index contributed by atoms with van der Waals surface area (Å²) in [5, 5.41) is 9.92. The van der Waals surface area contributed by atoms with Crippen LogP contribution >= 0.6 is 0 Å². The predicted molar refractivity (Wildman–Crippen MR) is 57.5 cm³/mol. The Labute approximate surface area is 90.5 Å². The Bertz CT molecular complexity index is 568. The highest BCUT2D eigenvalue weighted by Gasteiger charge is 2.05. The number of aromatic amines is 1. The van der Waals surface area contributed by atoms with E-state index in [0.717, 1.165) is 5.56 Å². The lowest BCUT2D eigenvalue weighted by atomic mass is 10.1. The zero-order valence-corrected chi connectivity index (χ0v) is 8.48. The van der Waals surface area contributed by atoms with Gasteiger partial charge in [0.05, 0.1) is 5.69 Å². The third kappa shape index (κ3) is 1.87. The van der Waals surface area contributed by atoms with E-state index in [2.05, 4.69) is 20.2 Å². The molecule has 0 aliphatic rings. The fraction of sp³-hybridized carbons (Fsp3) is 0.100. The lowest BCUT2D eigenvalue weighted by Crippen LogP contribution is -1.84. The molecule has 0 unspecified atom stereocenters. The van der Waals surface area contributed by atoms with Gasteiger partial charge in [-0.05, 0) is 47.4 Å². The van der Waals surface area contributed by atoms with Gasteiger partial charge in [-0.1, -0.05) is 0 Å². The Morgan fingerprint density at radius 3 is 2.94 bits per heavy atom. The molecular formula is C10H8FN5. The van der Waals surface area contributed by atoms with Crippen LogP contribution in [0.5, 0.6) is 0 Å². The Morgan fingerprint density at radius 1 is 1.44 bits per heavy atom. The van der Waals surface area contributed by atoms with Crippen LogP contribution in [0.3, 0.4) is 0 Å². The molecule has 0 amide bonds. The van der Waals surface area contributed by atoms with Gasteiger partial charge in [0.1, 0.15) is 11.6 Å². The Hall–Kier alpha value is -2.33. The third-order valence-electron chi connectivity index (χ3n) is 2.17. The molecular weight excluding hydrogens is 209 g/mol. The second kappa shape index (κ2) is 4.04. The number of rotatable bonds is 2. The number of hydrogen-bond acceptors (Lipinski definition) is 2. The van der Waals surface area contributed by atoms with Crippen molar-refractivity contribution in [1.82, 2.24) is 10.2 Å². The molecule has 2 aromatic rings. The smallest absolute Gasteiger partial charge is 0.126 e. The van der Waals surface area contributed by atoms with Crippen molar-refractivity contribution in [3.63, 3.8) is 0 Å². The molecule has 0 atom stereocenters. The standard InChI is InChI=1S/C10H8FN5/c1-6-4-7(2-3-8(6)11)9-5-10(14-13-9)15-16-12/h2-5H,1H3,(H,13,14). The van der Waals surface area contributed by atoms with Crippen molar-refractivity contribution >= 4 is 5.82 Å². The largest absolute Gasteiger partial charge is 0.275 e. The molecule has 0 bridgehead atoms. The van der Waals surface area contributed by atoms with Crippen molar-refractivity contribution in [3.8, 4) is 11.3 Å². The summed E-state index contributed by atoms with van der Waals surface area (Å²) < 4.78 is 13.0. The second-order valence-electron chi connectivity index (χ2n) is 3.29. The number of nitrogens with zero attached hydrogens (tertiary/aromatic N) is 4. The van der Waals surface area contributed by atoms with Crippen LogP contribution in [0.2, 0.25) is 0 Å². The number of nitrogens with one attached hydrogen (secondary N) is 1. The molecule has 80 valence electrons. The summed E-state index contributed by atoms with van der Waals surface area (Å²) in [4.78, 5) is 2.64. The zero-order valence-electron chi connectivity index (χ0n) is 8.48. The van der Waals surface area contributed by atoms with Gasteiger partial charge in [0, 0.05) is 10.5 Å². The monoisotopic (exact) mass is 217 g/mol. The number of aryl methyl sites for hydroxylation is 1. The second-order valence-corrected chi connectivity index (χ2v) is 3.29. The zero-order chi connectivity index (χ0) is 11.5. The molecule has 1 N–H and O–H groups in total. The van der Waals surface area contributed by atoms with Gasteiger partial charge < -0.3 is 0 Å². The molecule has 5 nitrogen and oxygen atoms in total. The highest BCUT2D eigenvalue weighted by atomic mass is 19.1. The van der Waals surface area contributed by atoms with Gasteiger partial charge >= 0.3 is 0 Å². The summed E-state index contributed by atoms with van der Waals surface area (Å²) in [5.41, 5.74) is 10.2. The molecule has 0 saturated carbocycles. The van der Waals surface area contributed by atoms with Gasteiger partial charge in [-0.3, -0.25) is 5.10 Å². The van der Waals surface area contributed by atoms with Crippen LogP contribution < -0.4 is 0 Å². The molecule has 16 heavy (non-hydrogen) atoms. The first-order chi connectivity index (χ1) is 7.70. The van der Waals surface area contributed by atoms with Crippen molar-refractivity contribution in [2.24, 2.45) is 5.11 Å². The molecule has 2 rings (SSSR count). The minimum atomic E-state index is -0.255. The van der Waals surface area contributed by atoms with Gasteiger partial charge in [-0.15, -0.1) is 0 Å². The molecule has 0 saturated heterocycles. The predicted octanol–water partition coefficient (Wildman–Crippen LogP) is 3.47. The van der Waals surface area contributed by atoms with Gasteiger partial charge in [-0.25, -0.2) is 4.39 Å². The van der Waals surface area contributed by atoms with Crippen molar-refractivity contribution in [2.75, 3.05) is 0 Å². The summed E-state index contributed by atoms with van der Waals surface area (Å²) in [6, 6.07) is 6.29. The van der Waals surface area contributed by atoms with E-state index in [1.54, 1.807) is 25.1 Å². The van der Waals surface area contributed by atoms with Gasteiger partial charge in [0.25, 0.3) is 0 Å². The number of H-pyrrole nitrogens is 1. The van der Waals surface area contributed by atoms with E-state index in [1.165, 1.54) is 6.07 Å². The van der Waals surface area contributed by atoms with Crippen molar-refractivity contribution in [3.05, 3.63) is 46.1 Å². The van der Waals surface area contributed by atoms with E-state index in [4.69, 9.17) is 5.53 Å². The Balaban J connectivity index is 2.42. The van der Waals surface area contributed by atoms with Crippen LogP contribution in [0.1, 0.15) is 5.56 Å². The summed E-state index contributed by atoms with van der Waals surface area (Å²) >= 11 is 0. The molecule has 0 aliphatic heterocycles. The number of benzene rings is 1. The third-order valence-corrected chi connectivity index (χ3v) is 2.17. The molecule has 1 aromatic heterocycles. The minimum absolute atomic E-state index is 0.255. The summed E-state index contributed by atoms with van der Waals surface area (Å²) in [5.74, 6) is 0.0778. The van der Waals surface area contributed by atoms with Crippen molar-refractivity contribution < 1.29 is 4.39 Å². The lowest BCUT2D eigenvalue weighted by molar-refractivity contribution is 0.619. The maximum atomic E-state index is 13.0. The first kappa shape index (κ1) is 10.2.